The molecular weight excluding hydrogens is 308 g/mol. The first-order valence-electron chi connectivity index (χ1n) is 8.46. The summed E-state index contributed by atoms with van der Waals surface area (Å²) in [6, 6.07) is 2.46. The molecule has 1 amide bonds. The second kappa shape index (κ2) is 6.67. The van der Waals surface area contributed by atoms with Crippen LogP contribution in [0.1, 0.15) is 65.7 Å². The largest absolute Gasteiger partial charge is 0.438 e. The zero-order valence-corrected chi connectivity index (χ0v) is 14.5. The highest BCUT2D eigenvalue weighted by atomic mass is 16.5. The molecule has 1 saturated carbocycles. The summed E-state index contributed by atoms with van der Waals surface area (Å²) < 4.78 is 6.79. The minimum atomic E-state index is -0.610. The van der Waals surface area contributed by atoms with Crippen LogP contribution < -0.4 is 5.76 Å². The van der Waals surface area contributed by atoms with Gasteiger partial charge in [0.1, 0.15) is 0 Å². The fraction of sp³-hybridized carbons (Fsp3) is 0.588. The predicted molar refractivity (Wildman–Crippen MR) is 88.9 cm³/mol. The van der Waals surface area contributed by atoms with Crippen LogP contribution in [0.5, 0.6) is 0 Å². The van der Waals surface area contributed by atoms with Crippen molar-refractivity contribution in [3.05, 3.63) is 39.4 Å². The minimum absolute atomic E-state index is 0.0750. The summed E-state index contributed by atoms with van der Waals surface area (Å²) in [5.74, 6) is -0.340. The number of hydrogen-bond acceptors (Lipinski definition) is 4. The number of rotatable bonds is 4. The third-order valence-electron chi connectivity index (χ3n) is 4.87. The molecule has 1 N–H and O–H groups in total. The van der Waals surface area contributed by atoms with Crippen LogP contribution in [0.2, 0.25) is 0 Å². The van der Waals surface area contributed by atoms with Gasteiger partial charge in [0.2, 0.25) is 0 Å². The normalized spacial score (nSPS) is 15.6. The number of hydrogen-bond donors (Lipinski definition) is 1. The van der Waals surface area contributed by atoms with Crippen LogP contribution in [0.3, 0.4) is 0 Å². The standard InChI is InChI=1S/C17H24N4O3/c1-11-9-14(12(2)21(11)13-7-5-4-6-8-13)16(22)20(3)10-15-18-17(23)24-19-15/h9,13H,4-8,10H2,1-3H3,(H,18,19,23). The van der Waals surface area contributed by atoms with Gasteiger partial charge in [-0.3, -0.25) is 14.3 Å². The summed E-state index contributed by atoms with van der Waals surface area (Å²) in [4.78, 5) is 27.8. The highest BCUT2D eigenvalue weighted by Gasteiger charge is 2.24. The van der Waals surface area contributed by atoms with Gasteiger partial charge in [0.05, 0.1) is 12.1 Å². The van der Waals surface area contributed by atoms with E-state index in [2.05, 4.69) is 26.2 Å². The van der Waals surface area contributed by atoms with E-state index in [9.17, 15) is 9.59 Å². The van der Waals surface area contributed by atoms with E-state index >= 15 is 0 Å². The van der Waals surface area contributed by atoms with Crippen LogP contribution >= 0.6 is 0 Å². The Morgan fingerprint density at radius 3 is 2.71 bits per heavy atom. The van der Waals surface area contributed by atoms with E-state index in [-0.39, 0.29) is 12.5 Å². The number of aryl methyl sites for hydroxylation is 1. The second-order valence-corrected chi connectivity index (χ2v) is 6.65. The third-order valence-corrected chi connectivity index (χ3v) is 4.87. The van der Waals surface area contributed by atoms with E-state index in [4.69, 9.17) is 0 Å². The molecule has 0 aromatic carbocycles. The monoisotopic (exact) mass is 332 g/mol. The quantitative estimate of drug-likeness (QED) is 0.932. The highest BCUT2D eigenvalue weighted by Crippen LogP contribution is 2.32. The van der Waals surface area contributed by atoms with Crippen LogP contribution in [-0.4, -0.2) is 32.6 Å². The first kappa shape index (κ1) is 16.5. The van der Waals surface area contributed by atoms with E-state index in [0.717, 1.165) is 11.4 Å². The van der Waals surface area contributed by atoms with Crippen LogP contribution in [0, 0.1) is 13.8 Å². The van der Waals surface area contributed by atoms with Gasteiger partial charge in [-0.05, 0) is 32.8 Å². The maximum absolute atomic E-state index is 12.8. The molecule has 2 aromatic rings. The van der Waals surface area contributed by atoms with E-state index in [1.165, 1.54) is 32.1 Å². The number of aromatic amines is 1. The zero-order chi connectivity index (χ0) is 17.3. The van der Waals surface area contributed by atoms with Crippen molar-refractivity contribution >= 4 is 5.91 Å². The molecule has 2 aromatic heterocycles. The molecule has 1 aliphatic rings. The molecule has 0 aliphatic heterocycles. The average molecular weight is 332 g/mol. The van der Waals surface area contributed by atoms with Gasteiger partial charge in [0.15, 0.2) is 5.82 Å². The molecule has 0 atom stereocenters. The first-order valence-corrected chi connectivity index (χ1v) is 8.46. The molecule has 0 spiro atoms. The van der Waals surface area contributed by atoms with Crippen molar-refractivity contribution < 1.29 is 9.32 Å². The molecule has 1 aliphatic carbocycles. The van der Waals surface area contributed by atoms with Crippen molar-refractivity contribution in [2.24, 2.45) is 0 Å². The van der Waals surface area contributed by atoms with Gasteiger partial charge in [-0.15, -0.1) is 0 Å². The number of nitrogens with one attached hydrogen (secondary N) is 1. The lowest BCUT2D eigenvalue weighted by molar-refractivity contribution is 0.0779. The Balaban J connectivity index is 1.80. The lowest BCUT2D eigenvalue weighted by Gasteiger charge is -2.26. The fourth-order valence-electron chi connectivity index (χ4n) is 3.73. The number of amides is 1. The summed E-state index contributed by atoms with van der Waals surface area (Å²) in [6.07, 6.45) is 6.18. The molecular formula is C17H24N4O3. The first-order chi connectivity index (χ1) is 11.5. The van der Waals surface area contributed by atoms with Crippen molar-refractivity contribution in [2.75, 3.05) is 7.05 Å². The molecule has 7 heteroatoms. The van der Waals surface area contributed by atoms with E-state index in [1.807, 2.05) is 13.0 Å². The zero-order valence-electron chi connectivity index (χ0n) is 14.5. The summed E-state index contributed by atoms with van der Waals surface area (Å²) in [7, 11) is 1.70. The second-order valence-electron chi connectivity index (χ2n) is 6.65. The summed E-state index contributed by atoms with van der Waals surface area (Å²) in [5.41, 5.74) is 2.86. The topological polar surface area (TPSA) is 84.1 Å². The molecule has 0 radical (unpaired) electrons. The lowest BCUT2D eigenvalue weighted by atomic mass is 9.95. The van der Waals surface area contributed by atoms with Crippen LogP contribution in [0.4, 0.5) is 0 Å². The number of aromatic nitrogens is 3. The molecule has 1 fully saturated rings. The molecule has 0 bridgehead atoms. The van der Waals surface area contributed by atoms with E-state index in [1.54, 1.807) is 11.9 Å². The van der Waals surface area contributed by atoms with Crippen LogP contribution in [0.15, 0.2) is 15.4 Å². The molecule has 0 unspecified atom stereocenters. The van der Waals surface area contributed by atoms with Crippen molar-refractivity contribution in [3.63, 3.8) is 0 Å². The molecule has 3 rings (SSSR count). The Morgan fingerprint density at radius 2 is 2.08 bits per heavy atom. The Labute approximate surface area is 140 Å². The molecule has 24 heavy (non-hydrogen) atoms. The van der Waals surface area contributed by atoms with Gasteiger partial charge < -0.3 is 9.47 Å². The van der Waals surface area contributed by atoms with Gasteiger partial charge in [0, 0.05) is 24.5 Å². The van der Waals surface area contributed by atoms with Crippen molar-refractivity contribution in [1.82, 2.24) is 19.6 Å². The number of H-pyrrole nitrogens is 1. The predicted octanol–water partition coefficient (Wildman–Crippen LogP) is 2.56. The molecule has 2 heterocycles. The van der Waals surface area contributed by atoms with Crippen LogP contribution in [0.25, 0.3) is 0 Å². The fourth-order valence-corrected chi connectivity index (χ4v) is 3.73. The van der Waals surface area contributed by atoms with Crippen LogP contribution in [-0.2, 0) is 6.54 Å². The highest BCUT2D eigenvalue weighted by molar-refractivity contribution is 5.95. The maximum atomic E-state index is 12.8. The van der Waals surface area contributed by atoms with Gasteiger partial charge in [-0.1, -0.05) is 24.4 Å². The van der Waals surface area contributed by atoms with E-state index < -0.39 is 5.76 Å². The molecule has 0 saturated heterocycles. The minimum Gasteiger partial charge on any atom is -0.345 e. The third kappa shape index (κ3) is 3.16. The Kier molecular flexibility index (Phi) is 4.59. The number of nitrogens with zero attached hydrogens (tertiary/aromatic N) is 3. The Morgan fingerprint density at radius 1 is 1.38 bits per heavy atom. The Hall–Kier alpha value is -2.31. The van der Waals surface area contributed by atoms with Crippen molar-refractivity contribution in [1.29, 1.82) is 0 Å². The number of carbonyl (C=O) groups excluding carboxylic acids is 1. The summed E-state index contributed by atoms with van der Waals surface area (Å²) >= 11 is 0. The van der Waals surface area contributed by atoms with E-state index in [0.29, 0.717) is 17.4 Å². The molecule has 130 valence electrons. The van der Waals surface area contributed by atoms with Gasteiger partial charge in [-0.2, -0.15) is 0 Å². The smallest absolute Gasteiger partial charge is 0.345 e. The van der Waals surface area contributed by atoms with Gasteiger partial charge >= 0.3 is 5.76 Å². The summed E-state index contributed by atoms with van der Waals surface area (Å²) in [6.45, 7) is 4.28. The lowest BCUT2D eigenvalue weighted by Crippen LogP contribution is -2.27. The average Bonchev–Trinajstić information content (AvgIpc) is 3.10. The van der Waals surface area contributed by atoms with Gasteiger partial charge in [0.25, 0.3) is 5.91 Å². The summed E-state index contributed by atoms with van der Waals surface area (Å²) in [5, 5.41) is 3.61. The number of carbonyl (C=O) groups is 1. The van der Waals surface area contributed by atoms with Crippen molar-refractivity contribution in [3.8, 4) is 0 Å². The molecule has 7 nitrogen and oxygen atoms in total. The Bertz CT molecular complexity index is 780. The maximum Gasteiger partial charge on any atom is 0.438 e. The van der Waals surface area contributed by atoms with Crippen molar-refractivity contribution in [2.45, 2.75) is 58.5 Å². The SMILES string of the molecule is Cc1cc(C(=O)N(C)Cc2noc(=O)[nH]2)c(C)n1C1CCCCC1. The van der Waals surface area contributed by atoms with Gasteiger partial charge in [-0.25, -0.2) is 4.79 Å².